The van der Waals surface area contributed by atoms with Crippen molar-refractivity contribution < 1.29 is 5.11 Å². The molecule has 2 aromatic heterocycles. The van der Waals surface area contributed by atoms with Gasteiger partial charge in [-0.1, -0.05) is 0 Å². The van der Waals surface area contributed by atoms with Crippen molar-refractivity contribution in [1.29, 1.82) is 0 Å². The van der Waals surface area contributed by atoms with E-state index in [4.69, 9.17) is 0 Å². The van der Waals surface area contributed by atoms with Crippen molar-refractivity contribution in [3.05, 3.63) is 35.9 Å². The molecule has 5 heteroatoms. The van der Waals surface area contributed by atoms with Gasteiger partial charge in [0, 0.05) is 25.0 Å². The molecule has 1 atom stereocenters. The molecule has 2 heterocycles. The number of rotatable bonds is 4. The first-order chi connectivity index (χ1) is 8.15. The molecule has 2 aromatic rings. The van der Waals surface area contributed by atoms with Crippen molar-refractivity contribution in [2.45, 2.75) is 39.5 Å². The molecule has 0 saturated carbocycles. The summed E-state index contributed by atoms with van der Waals surface area (Å²) in [5.41, 5.74) is 1.60. The number of aliphatic hydroxyl groups is 1. The van der Waals surface area contributed by atoms with Gasteiger partial charge in [0.2, 0.25) is 0 Å². The highest BCUT2D eigenvalue weighted by Crippen LogP contribution is 2.23. The Morgan fingerprint density at radius 2 is 1.82 bits per heavy atom. The molecule has 0 aromatic carbocycles. The van der Waals surface area contributed by atoms with E-state index in [9.17, 15) is 5.11 Å². The molecule has 1 unspecified atom stereocenters. The minimum absolute atomic E-state index is 0.229. The summed E-state index contributed by atoms with van der Waals surface area (Å²) in [6.07, 6.45) is 2.74. The normalized spacial score (nSPS) is 13.2. The quantitative estimate of drug-likeness (QED) is 0.877. The summed E-state index contributed by atoms with van der Waals surface area (Å²) in [5.74, 6) is 0. The Bertz CT molecular complexity index is 486. The number of aliphatic hydroxyl groups excluding tert-OH is 1. The van der Waals surface area contributed by atoms with E-state index in [2.05, 4.69) is 10.2 Å². The van der Waals surface area contributed by atoms with E-state index in [1.165, 1.54) is 0 Å². The second-order valence-electron chi connectivity index (χ2n) is 4.27. The summed E-state index contributed by atoms with van der Waals surface area (Å²) in [6.45, 7) is 6.83. The minimum atomic E-state index is -0.678. The lowest BCUT2D eigenvalue weighted by Gasteiger charge is -2.16. The van der Waals surface area contributed by atoms with Gasteiger partial charge in [-0.05, 0) is 32.9 Å². The van der Waals surface area contributed by atoms with Gasteiger partial charge in [0.25, 0.3) is 0 Å². The van der Waals surface area contributed by atoms with Gasteiger partial charge < -0.3 is 5.11 Å². The Labute approximate surface area is 101 Å². The van der Waals surface area contributed by atoms with E-state index < -0.39 is 6.10 Å². The molecule has 0 bridgehead atoms. The van der Waals surface area contributed by atoms with Crippen LogP contribution >= 0.6 is 0 Å². The predicted molar refractivity (Wildman–Crippen MR) is 64.6 cm³/mol. The average Bonchev–Trinajstić information content (AvgIpc) is 2.96. The summed E-state index contributed by atoms with van der Waals surface area (Å²) < 4.78 is 3.62. The lowest BCUT2D eigenvalue weighted by atomic mass is 10.1. The third-order valence-corrected chi connectivity index (χ3v) is 2.80. The number of aryl methyl sites for hydroxylation is 1. The standard InChI is InChI=1S/C12H18N4O/c1-4-15-10(5-7-13-15)12(17)11-6-8-14-16(11)9(2)3/h5-9,12,17H,4H2,1-3H3. The Morgan fingerprint density at radius 1 is 1.18 bits per heavy atom. The Hall–Kier alpha value is -1.62. The van der Waals surface area contributed by atoms with Crippen molar-refractivity contribution in [2.75, 3.05) is 0 Å². The van der Waals surface area contributed by atoms with Crippen molar-refractivity contribution in [3.8, 4) is 0 Å². The van der Waals surface area contributed by atoms with Gasteiger partial charge in [0.05, 0.1) is 11.4 Å². The molecule has 0 fully saturated rings. The average molecular weight is 234 g/mol. The Kier molecular flexibility index (Phi) is 3.28. The van der Waals surface area contributed by atoms with Crippen LogP contribution in [0.2, 0.25) is 0 Å². The minimum Gasteiger partial charge on any atom is -0.380 e. The van der Waals surface area contributed by atoms with Crippen LogP contribution in [0, 0.1) is 0 Å². The lowest BCUT2D eigenvalue weighted by molar-refractivity contribution is 0.193. The second-order valence-corrected chi connectivity index (χ2v) is 4.27. The molecule has 1 N–H and O–H groups in total. The summed E-state index contributed by atoms with van der Waals surface area (Å²) in [4.78, 5) is 0. The highest BCUT2D eigenvalue weighted by atomic mass is 16.3. The highest BCUT2D eigenvalue weighted by molar-refractivity contribution is 5.18. The third kappa shape index (κ3) is 2.10. The molecule has 0 aliphatic heterocycles. The van der Waals surface area contributed by atoms with Gasteiger partial charge in [-0.3, -0.25) is 9.36 Å². The molecule has 5 nitrogen and oxygen atoms in total. The van der Waals surface area contributed by atoms with Crippen LogP contribution in [0.4, 0.5) is 0 Å². The van der Waals surface area contributed by atoms with Gasteiger partial charge >= 0.3 is 0 Å². The van der Waals surface area contributed by atoms with Crippen LogP contribution in [-0.2, 0) is 6.54 Å². The third-order valence-electron chi connectivity index (χ3n) is 2.80. The second kappa shape index (κ2) is 4.71. The zero-order valence-electron chi connectivity index (χ0n) is 10.4. The van der Waals surface area contributed by atoms with Gasteiger partial charge in [0.15, 0.2) is 0 Å². The topological polar surface area (TPSA) is 55.9 Å². The van der Waals surface area contributed by atoms with E-state index in [0.717, 1.165) is 17.9 Å². The van der Waals surface area contributed by atoms with Gasteiger partial charge in [-0.25, -0.2) is 0 Å². The fourth-order valence-corrected chi connectivity index (χ4v) is 1.96. The molecule has 0 radical (unpaired) electrons. The fraction of sp³-hybridized carbons (Fsp3) is 0.500. The van der Waals surface area contributed by atoms with E-state index in [1.54, 1.807) is 17.1 Å². The van der Waals surface area contributed by atoms with Crippen LogP contribution in [0.3, 0.4) is 0 Å². The molecular weight excluding hydrogens is 216 g/mol. The molecule has 2 rings (SSSR count). The molecule has 17 heavy (non-hydrogen) atoms. The SMILES string of the molecule is CCn1nccc1C(O)c1ccnn1C(C)C. The lowest BCUT2D eigenvalue weighted by Crippen LogP contribution is -2.15. The van der Waals surface area contributed by atoms with Crippen molar-refractivity contribution in [2.24, 2.45) is 0 Å². The zero-order valence-corrected chi connectivity index (χ0v) is 10.4. The Morgan fingerprint density at radius 3 is 2.47 bits per heavy atom. The number of nitrogens with zero attached hydrogens (tertiary/aromatic N) is 4. The van der Waals surface area contributed by atoms with Gasteiger partial charge in [0.1, 0.15) is 6.10 Å². The van der Waals surface area contributed by atoms with Crippen molar-refractivity contribution in [1.82, 2.24) is 19.6 Å². The van der Waals surface area contributed by atoms with Crippen LogP contribution in [0.25, 0.3) is 0 Å². The number of hydrogen-bond acceptors (Lipinski definition) is 3. The van der Waals surface area contributed by atoms with E-state index in [0.29, 0.717) is 0 Å². The van der Waals surface area contributed by atoms with Crippen LogP contribution in [-0.4, -0.2) is 24.7 Å². The molecular formula is C12H18N4O. The molecule has 0 saturated heterocycles. The maximum absolute atomic E-state index is 10.4. The number of hydrogen-bond donors (Lipinski definition) is 1. The maximum atomic E-state index is 10.4. The van der Waals surface area contributed by atoms with Crippen LogP contribution in [0.15, 0.2) is 24.5 Å². The van der Waals surface area contributed by atoms with Crippen LogP contribution in [0.5, 0.6) is 0 Å². The van der Waals surface area contributed by atoms with Gasteiger partial charge in [-0.2, -0.15) is 10.2 Å². The van der Waals surface area contributed by atoms with Gasteiger partial charge in [-0.15, -0.1) is 0 Å². The van der Waals surface area contributed by atoms with Crippen LogP contribution < -0.4 is 0 Å². The monoisotopic (exact) mass is 234 g/mol. The number of aromatic nitrogens is 4. The first-order valence-electron chi connectivity index (χ1n) is 5.88. The summed E-state index contributed by atoms with van der Waals surface area (Å²) in [5, 5.41) is 18.8. The fourth-order valence-electron chi connectivity index (χ4n) is 1.96. The summed E-state index contributed by atoms with van der Waals surface area (Å²) >= 11 is 0. The Balaban J connectivity index is 2.37. The maximum Gasteiger partial charge on any atom is 0.137 e. The van der Waals surface area contributed by atoms with Crippen molar-refractivity contribution in [3.63, 3.8) is 0 Å². The molecule has 0 aliphatic carbocycles. The van der Waals surface area contributed by atoms with E-state index in [-0.39, 0.29) is 6.04 Å². The zero-order chi connectivity index (χ0) is 12.4. The first kappa shape index (κ1) is 11.9. The van der Waals surface area contributed by atoms with E-state index in [1.807, 2.05) is 37.6 Å². The van der Waals surface area contributed by atoms with E-state index >= 15 is 0 Å². The summed E-state index contributed by atoms with van der Waals surface area (Å²) in [6, 6.07) is 3.91. The van der Waals surface area contributed by atoms with Crippen molar-refractivity contribution >= 4 is 0 Å². The smallest absolute Gasteiger partial charge is 0.137 e. The molecule has 0 aliphatic rings. The molecule has 0 spiro atoms. The first-order valence-corrected chi connectivity index (χ1v) is 5.88. The predicted octanol–water partition coefficient (Wildman–Crippen LogP) is 1.76. The highest BCUT2D eigenvalue weighted by Gasteiger charge is 2.19. The largest absolute Gasteiger partial charge is 0.380 e. The molecule has 0 amide bonds. The summed E-state index contributed by atoms with van der Waals surface area (Å²) in [7, 11) is 0. The van der Waals surface area contributed by atoms with Crippen LogP contribution in [0.1, 0.15) is 44.3 Å². The molecule has 92 valence electrons.